The third kappa shape index (κ3) is 5.95. The summed E-state index contributed by atoms with van der Waals surface area (Å²) in [7, 11) is -1.26. The van der Waals surface area contributed by atoms with Crippen molar-refractivity contribution in [2.24, 2.45) is 0 Å². The van der Waals surface area contributed by atoms with Gasteiger partial charge in [0, 0.05) is 16.3 Å². The Bertz CT molecular complexity index is 441. The minimum absolute atomic E-state index is 0.209. The van der Waals surface area contributed by atoms with Crippen molar-refractivity contribution in [3.63, 3.8) is 0 Å². The van der Waals surface area contributed by atoms with Gasteiger partial charge in [-0.3, -0.25) is 0 Å². The highest BCUT2D eigenvalue weighted by Gasteiger charge is 2.10. The van der Waals surface area contributed by atoms with Gasteiger partial charge in [0.15, 0.2) is 0 Å². The van der Waals surface area contributed by atoms with Crippen LogP contribution in [-0.2, 0) is 23.0 Å². The third-order valence-electron chi connectivity index (χ3n) is 2.62. The van der Waals surface area contributed by atoms with Crippen molar-refractivity contribution in [1.82, 2.24) is 10.0 Å². The molecule has 0 bridgehead atoms. The van der Waals surface area contributed by atoms with Crippen LogP contribution in [0.4, 0.5) is 0 Å². The van der Waals surface area contributed by atoms with E-state index in [2.05, 4.69) is 23.0 Å². The van der Waals surface area contributed by atoms with Crippen molar-refractivity contribution in [2.75, 3.05) is 19.3 Å². The number of unbranched alkanes of at least 4 members (excludes halogenated alkanes) is 1. The van der Waals surface area contributed by atoms with Crippen LogP contribution in [0.3, 0.4) is 0 Å². The molecule has 1 aromatic heterocycles. The summed E-state index contributed by atoms with van der Waals surface area (Å²) < 4.78 is 26.1. The molecule has 0 aromatic carbocycles. The van der Waals surface area contributed by atoms with E-state index in [0.717, 1.165) is 24.3 Å². The van der Waals surface area contributed by atoms with E-state index in [1.165, 1.54) is 4.88 Å². The molecule has 0 saturated carbocycles. The highest BCUT2D eigenvalue weighted by Crippen LogP contribution is 2.16. The van der Waals surface area contributed by atoms with Gasteiger partial charge in [-0.2, -0.15) is 0 Å². The van der Waals surface area contributed by atoms with Gasteiger partial charge in [-0.05, 0) is 45.0 Å². The predicted molar refractivity (Wildman–Crippen MR) is 77.5 cm³/mol. The maximum atomic E-state index is 11.7. The van der Waals surface area contributed by atoms with E-state index in [1.54, 1.807) is 11.3 Å². The van der Waals surface area contributed by atoms with Gasteiger partial charge in [0.2, 0.25) is 10.0 Å². The molecule has 4 nitrogen and oxygen atoms in total. The minimum Gasteiger partial charge on any atom is -0.320 e. The molecule has 18 heavy (non-hydrogen) atoms. The SMILES string of the molecule is CCc1ccc(CNS(=O)(=O)CCCCNC)s1. The monoisotopic (exact) mass is 290 g/mol. The first-order valence-electron chi connectivity index (χ1n) is 6.27. The van der Waals surface area contributed by atoms with Gasteiger partial charge in [-0.25, -0.2) is 13.1 Å². The van der Waals surface area contributed by atoms with E-state index in [0.29, 0.717) is 13.0 Å². The van der Waals surface area contributed by atoms with Crippen LogP contribution in [0, 0.1) is 0 Å². The molecular formula is C12H22N2O2S2. The van der Waals surface area contributed by atoms with Gasteiger partial charge >= 0.3 is 0 Å². The van der Waals surface area contributed by atoms with Gasteiger partial charge < -0.3 is 5.32 Å². The summed E-state index contributed by atoms with van der Waals surface area (Å²) in [4.78, 5) is 2.36. The van der Waals surface area contributed by atoms with Gasteiger partial charge in [0.25, 0.3) is 0 Å². The Labute approximate surface area is 114 Å². The van der Waals surface area contributed by atoms with E-state index in [4.69, 9.17) is 0 Å². The summed E-state index contributed by atoms with van der Waals surface area (Å²) in [5.74, 6) is 0.209. The maximum absolute atomic E-state index is 11.7. The molecule has 6 heteroatoms. The molecule has 0 unspecified atom stereocenters. The zero-order chi connectivity index (χ0) is 13.4. The summed E-state index contributed by atoms with van der Waals surface area (Å²) in [5, 5.41) is 3.01. The fraction of sp³-hybridized carbons (Fsp3) is 0.667. The summed E-state index contributed by atoms with van der Waals surface area (Å²) in [6.07, 6.45) is 2.58. The molecule has 0 radical (unpaired) electrons. The fourth-order valence-electron chi connectivity index (χ4n) is 1.55. The van der Waals surface area contributed by atoms with Gasteiger partial charge in [0.1, 0.15) is 0 Å². The molecule has 2 N–H and O–H groups in total. The average molecular weight is 290 g/mol. The summed E-state index contributed by atoms with van der Waals surface area (Å²) in [6, 6.07) is 4.05. The standard InChI is InChI=1S/C12H22N2O2S2/c1-3-11-6-7-12(17-11)10-14-18(15,16)9-5-4-8-13-2/h6-7,13-14H,3-5,8-10H2,1-2H3. The Morgan fingerprint density at radius 3 is 2.56 bits per heavy atom. The average Bonchev–Trinajstić information content (AvgIpc) is 2.80. The van der Waals surface area contributed by atoms with E-state index < -0.39 is 10.0 Å². The first-order chi connectivity index (χ1) is 8.57. The molecule has 0 spiro atoms. The maximum Gasteiger partial charge on any atom is 0.211 e. The van der Waals surface area contributed by atoms with Crippen molar-refractivity contribution in [3.8, 4) is 0 Å². The van der Waals surface area contributed by atoms with Crippen LogP contribution in [0.15, 0.2) is 12.1 Å². The molecule has 1 heterocycles. The second-order valence-electron chi connectivity index (χ2n) is 4.17. The quantitative estimate of drug-likeness (QED) is 0.681. The van der Waals surface area contributed by atoms with E-state index >= 15 is 0 Å². The zero-order valence-corrected chi connectivity index (χ0v) is 12.7. The van der Waals surface area contributed by atoms with Gasteiger partial charge in [-0.1, -0.05) is 6.92 Å². The lowest BCUT2D eigenvalue weighted by atomic mass is 10.3. The zero-order valence-electron chi connectivity index (χ0n) is 11.0. The number of hydrogen-bond donors (Lipinski definition) is 2. The Morgan fingerprint density at radius 1 is 1.22 bits per heavy atom. The fourth-order valence-corrected chi connectivity index (χ4v) is 3.65. The normalized spacial score (nSPS) is 11.9. The topological polar surface area (TPSA) is 58.2 Å². The van der Waals surface area contributed by atoms with Crippen LogP contribution in [0.2, 0.25) is 0 Å². The first-order valence-corrected chi connectivity index (χ1v) is 8.74. The Morgan fingerprint density at radius 2 is 1.94 bits per heavy atom. The first kappa shape index (κ1) is 15.6. The third-order valence-corrected chi connectivity index (χ3v) is 5.26. The largest absolute Gasteiger partial charge is 0.320 e. The van der Waals surface area contributed by atoms with Gasteiger partial charge in [-0.15, -0.1) is 11.3 Å². The van der Waals surface area contributed by atoms with Crippen molar-refractivity contribution in [1.29, 1.82) is 0 Å². The minimum atomic E-state index is -3.13. The van der Waals surface area contributed by atoms with Crippen LogP contribution in [-0.4, -0.2) is 27.8 Å². The van der Waals surface area contributed by atoms with Crippen molar-refractivity contribution >= 4 is 21.4 Å². The van der Waals surface area contributed by atoms with Crippen LogP contribution < -0.4 is 10.0 Å². The van der Waals surface area contributed by atoms with Crippen LogP contribution in [0.25, 0.3) is 0 Å². The van der Waals surface area contributed by atoms with Crippen LogP contribution >= 0.6 is 11.3 Å². The molecule has 0 amide bonds. The van der Waals surface area contributed by atoms with Crippen LogP contribution in [0.5, 0.6) is 0 Å². The lowest BCUT2D eigenvalue weighted by molar-refractivity contribution is 0.576. The molecule has 1 rings (SSSR count). The lowest BCUT2D eigenvalue weighted by Gasteiger charge is -2.05. The molecule has 0 aliphatic carbocycles. The molecule has 0 fully saturated rings. The Hall–Kier alpha value is -0.430. The molecule has 0 atom stereocenters. The van der Waals surface area contributed by atoms with E-state index in [1.807, 2.05) is 13.1 Å². The number of nitrogens with one attached hydrogen (secondary N) is 2. The molecule has 1 aromatic rings. The van der Waals surface area contributed by atoms with Crippen molar-refractivity contribution in [3.05, 3.63) is 21.9 Å². The van der Waals surface area contributed by atoms with E-state index in [-0.39, 0.29) is 5.75 Å². The van der Waals surface area contributed by atoms with Crippen molar-refractivity contribution < 1.29 is 8.42 Å². The predicted octanol–water partition coefficient (Wildman–Crippen LogP) is 1.73. The highest BCUT2D eigenvalue weighted by atomic mass is 32.2. The van der Waals surface area contributed by atoms with E-state index in [9.17, 15) is 8.42 Å². The number of rotatable bonds is 9. The summed E-state index contributed by atoms with van der Waals surface area (Å²) in [6.45, 7) is 3.38. The number of aryl methyl sites for hydroxylation is 1. The molecule has 0 aliphatic rings. The van der Waals surface area contributed by atoms with Gasteiger partial charge in [0.05, 0.1) is 5.75 Å². The van der Waals surface area contributed by atoms with Crippen molar-refractivity contribution in [2.45, 2.75) is 32.7 Å². The highest BCUT2D eigenvalue weighted by molar-refractivity contribution is 7.89. The summed E-state index contributed by atoms with van der Waals surface area (Å²) in [5.41, 5.74) is 0. The second-order valence-corrected chi connectivity index (χ2v) is 7.35. The Balaban J connectivity index is 2.32. The summed E-state index contributed by atoms with van der Waals surface area (Å²) >= 11 is 1.67. The number of thiophene rings is 1. The smallest absolute Gasteiger partial charge is 0.211 e. The number of sulfonamides is 1. The lowest BCUT2D eigenvalue weighted by Crippen LogP contribution is -2.26. The molecular weight excluding hydrogens is 268 g/mol. The Kier molecular flexibility index (Phi) is 6.85. The molecule has 0 aliphatic heterocycles. The number of hydrogen-bond acceptors (Lipinski definition) is 4. The molecule has 0 saturated heterocycles. The van der Waals surface area contributed by atoms with Crippen LogP contribution in [0.1, 0.15) is 29.5 Å². The molecule has 104 valence electrons. The second kappa shape index (κ2) is 7.89.